The van der Waals surface area contributed by atoms with Crippen molar-refractivity contribution in [2.45, 2.75) is 12.3 Å². The zero-order valence-electron chi connectivity index (χ0n) is 10.2. The lowest BCUT2D eigenvalue weighted by Crippen LogP contribution is -2.02. The highest BCUT2D eigenvalue weighted by molar-refractivity contribution is 5.54. The fraction of sp³-hybridized carbons (Fsp3) is 0.133. The van der Waals surface area contributed by atoms with Gasteiger partial charge in [-0.25, -0.2) is 0 Å². The van der Waals surface area contributed by atoms with E-state index in [1.807, 2.05) is 30.3 Å². The molecule has 0 aromatic heterocycles. The number of carbonyl (C=O) groups is 1. The number of aldehydes is 1. The third kappa shape index (κ3) is 3.04. The van der Waals surface area contributed by atoms with Crippen molar-refractivity contribution in [3.63, 3.8) is 0 Å². The van der Waals surface area contributed by atoms with E-state index in [0.29, 0.717) is 6.42 Å². The summed E-state index contributed by atoms with van der Waals surface area (Å²) in [5.41, 5.74) is 1.99. The topological polar surface area (TPSA) is 60.2 Å². The van der Waals surface area contributed by atoms with Crippen LogP contribution in [-0.2, 0) is 4.79 Å². The van der Waals surface area contributed by atoms with Crippen LogP contribution in [0.15, 0.2) is 54.6 Å². The van der Waals surface area contributed by atoms with Crippen LogP contribution in [0.2, 0.25) is 0 Å². The van der Waals surface area contributed by atoms with E-state index >= 15 is 0 Å². The highest BCUT2D eigenvalue weighted by Crippen LogP contribution is 2.28. The van der Waals surface area contributed by atoms with Crippen LogP contribution in [0.25, 0.3) is 0 Å². The summed E-state index contributed by atoms with van der Waals surface area (Å²) < 4.78 is 0. The summed E-state index contributed by atoms with van der Waals surface area (Å²) in [7, 11) is 0. The minimum Gasteiger partial charge on any atom is -0.303 e. The van der Waals surface area contributed by atoms with Crippen LogP contribution < -0.4 is 0 Å². The van der Waals surface area contributed by atoms with E-state index in [1.165, 1.54) is 12.1 Å². The first-order valence-electron chi connectivity index (χ1n) is 5.95. The number of nitro benzene ring substituents is 1. The van der Waals surface area contributed by atoms with Crippen LogP contribution in [0.5, 0.6) is 0 Å². The molecule has 0 heterocycles. The van der Waals surface area contributed by atoms with Crippen molar-refractivity contribution >= 4 is 12.0 Å². The summed E-state index contributed by atoms with van der Waals surface area (Å²) in [6.07, 6.45) is 1.24. The number of carbonyl (C=O) groups excluding carboxylic acids is 1. The Labute approximate surface area is 110 Å². The smallest absolute Gasteiger partial charge is 0.269 e. The molecule has 0 unspecified atom stereocenters. The molecular weight excluding hydrogens is 242 g/mol. The number of nitro groups is 1. The normalized spacial score (nSPS) is 11.8. The van der Waals surface area contributed by atoms with Crippen molar-refractivity contribution in [1.29, 1.82) is 0 Å². The first-order valence-corrected chi connectivity index (χ1v) is 5.95. The zero-order chi connectivity index (χ0) is 13.7. The van der Waals surface area contributed by atoms with Crippen molar-refractivity contribution in [3.05, 3.63) is 75.8 Å². The summed E-state index contributed by atoms with van der Waals surface area (Å²) in [6.45, 7) is 0. The SMILES string of the molecule is O=CC[C@@H](c1ccccc1)c1ccc([N+](=O)[O-])cc1. The summed E-state index contributed by atoms with van der Waals surface area (Å²) in [5.74, 6) is -0.0560. The van der Waals surface area contributed by atoms with Gasteiger partial charge in [0, 0.05) is 24.5 Å². The molecule has 0 aliphatic carbocycles. The van der Waals surface area contributed by atoms with Gasteiger partial charge in [-0.2, -0.15) is 0 Å². The molecule has 2 rings (SSSR count). The number of non-ortho nitro benzene ring substituents is 1. The number of hydrogen-bond donors (Lipinski definition) is 0. The van der Waals surface area contributed by atoms with E-state index < -0.39 is 4.92 Å². The van der Waals surface area contributed by atoms with Crippen LogP contribution in [0.4, 0.5) is 5.69 Å². The second kappa shape index (κ2) is 5.91. The van der Waals surface area contributed by atoms with Crippen molar-refractivity contribution in [3.8, 4) is 0 Å². The lowest BCUT2D eigenvalue weighted by atomic mass is 9.89. The predicted molar refractivity (Wildman–Crippen MR) is 72.1 cm³/mol. The third-order valence-corrected chi connectivity index (χ3v) is 3.04. The molecule has 2 aromatic rings. The Morgan fingerprint density at radius 2 is 1.58 bits per heavy atom. The molecule has 0 fully saturated rings. The Kier molecular flexibility index (Phi) is 4.03. The largest absolute Gasteiger partial charge is 0.303 e. The molecule has 1 atom stereocenters. The van der Waals surface area contributed by atoms with Gasteiger partial charge in [0.25, 0.3) is 5.69 Å². The van der Waals surface area contributed by atoms with Crippen molar-refractivity contribution < 1.29 is 9.72 Å². The second-order valence-corrected chi connectivity index (χ2v) is 4.21. The van der Waals surface area contributed by atoms with E-state index in [4.69, 9.17) is 0 Å². The quantitative estimate of drug-likeness (QED) is 0.468. The highest BCUT2D eigenvalue weighted by Gasteiger charge is 2.14. The molecule has 0 saturated carbocycles. The monoisotopic (exact) mass is 255 g/mol. The molecule has 2 aromatic carbocycles. The highest BCUT2D eigenvalue weighted by atomic mass is 16.6. The maximum Gasteiger partial charge on any atom is 0.269 e. The second-order valence-electron chi connectivity index (χ2n) is 4.21. The molecule has 19 heavy (non-hydrogen) atoms. The van der Waals surface area contributed by atoms with Crippen LogP contribution >= 0.6 is 0 Å². The molecular formula is C15H13NO3. The van der Waals surface area contributed by atoms with Gasteiger partial charge in [-0.05, 0) is 11.1 Å². The van der Waals surface area contributed by atoms with Crippen LogP contribution in [0.1, 0.15) is 23.5 Å². The van der Waals surface area contributed by atoms with Crippen LogP contribution in [0, 0.1) is 10.1 Å². The Balaban J connectivity index is 2.34. The minimum absolute atomic E-state index is 0.0560. The lowest BCUT2D eigenvalue weighted by molar-refractivity contribution is -0.384. The molecule has 4 nitrogen and oxygen atoms in total. The fourth-order valence-electron chi connectivity index (χ4n) is 2.07. The van der Waals surface area contributed by atoms with Gasteiger partial charge in [-0.3, -0.25) is 10.1 Å². The predicted octanol–water partition coefficient (Wildman–Crippen LogP) is 3.32. The summed E-state index contributed by atoms with van der Waals surface area (Å²) in [5, 5.41) is 10.6. The molecule has 96 valence electrons. The molecule has 0 saturated heterocycles. The van der Waals surface area contributed by atoms with Gasteiger partial charge in [0.2, 0.25) is 0 Å². The summed E-state index contributed by atoms with van der Waals surface area (Å²) >= 11 is 0. The van der Waals surface area contributed by atoms with Gasteiger partial charge >= 0.3 is 0 Å². The molecule has 0 spiro atoms. The average Bonchev–Trinajstić information content (AvgIpc) is 2.46. The fourth-order valence-corrected chi connectivity index (χ4v) is 2.07. The maximum absolute atomic E-state index is 10.8. The third-order valence-electron chi connectivity index (χ3n) is 3.04. The van der Waals surface area contributed by atoms with E-state index in [1.54, 1.807) is 12.1 Å². The number of benzene rings is 2. The lowest BCUT2D eigenvalue weighted by Gasteiger charge is -2.14. The Morgan fingerprint density at radius 1 is 1.00 bits per heavy atom. The maximum atomic E-state index is 10.8. The van der Waals surface area contributed by atoms with Crippen molar-refractivity contribution in [2.24, 2.45) is 0 Å². The Bertz CT molecular complexity index is 564. The molecule has 0 N–H and O–H groups in total. The summed E-state index contributed by atoms with van der Waals surface area (Å²) in [6, 6.07) is 16.0. The molecule has 0 bridgehead atoms. The van der Waals surface area contributed by atoms with Gasteiger partial charge in [-0.1, -0.05) is 42.5 Å². The minimum atomic E-state index is -0.430. The molecule has 0 radical (unpaired) electrons. The molecule has 0 aliphatic rings. The Morgan fingerprint density at radius 3 is 2.11 bits per heavy atom. The van der Waals surface area contributed by atoms with Crippen LogP contribution in [0.3, 0.4) is 0 Å². The van der Waals surface area contributed by atoms with Gasteiger partial charge in [0.15, 0.2) is 0 Å². The number of rotatable bonds is 5. The number of nitrogens with zero attached hydrogens (tertiary/aromatic N) is 1. The summed E-state index contributed by atoms with van der Waals surface area (Å²) in [4.78, 5) is 21.0. The average molecular weight is 255 g/mol. The first-order chi connectivity index (χ1) is 9.22. The number of hydrogen-bond acceptors (Lipinski definition) is 3. The van der Waals surface area contributed by atoms with Gasteiger partial charge in [-0.15, -0.1) is 0 Å². The Hall–Kier alpha value is -2.49. The first kappa shape index (κ1) is 13.0. The van der Waals surface area contributed by atoms with Crippen molar-refractivity contribution in [1.82, 2.24) is 0 Å². The van der Waals surface area contributed by atoms with E-state index in [-0.39, 0.29) is 11.6 Å². The molecule has 4 heteroatoms. The van der Waals surface area contributed by atoms with E-state index in [2.05, 4.69) is 0 Å². The molecule has 0 aliphatic heterocycles. The van der Waals surface area contributed by atoms with Gasteiger partial charge < -0.3 is 4.79 Å². The van der Waals surface area contributed by atoms with Gasteiger partial charge in [0.1, 0.15) is 6.29 Å². The molecule has 0 amide bonds. The van der Waals surface area contributed by atoms with Crippen molar-refractivity contribution in [2.75, 3.05) is 0 Å². The van der Waals surface area contributed by atoms with Crippen LogP contribution in [-0.4, -0.2) is 11.2 Å². The van der Waals surface area contributed by atoms with E-state index in [0.717, 1.165) is 17.4 Å². The standard InChI is InChI=1S/C15H13NO3/c17-11-10-15(12-4-2-1-3-5-12)13-6-8-14(9-7-13)16(18)19/h1-9,11,15H,10H2/t15-/m0/s1. The zero-order valence-corrected chi connectivity index (χ0v) is 10.2. The van der Waals surface area contributed by atoms with E-state index in [9.17, 15) is 14.9 Å². The van der Waals surface area contributed by atoms with Gasteiger partial charge in [0.05, 0.1) is 4.92 Å².